The smallest absolute Gasteiger partial charge is 0.249 e. The molecule has 1 aliphatic rings. The van der Waals surface area contributed by atoms with Crippen LogP contribution in [0.1, 0.15) is 32.3 Å². The number of rotatable bonds is 4. The average Bonchev–Trinajstić information content (AvgIpc) is 2.42. The third-order valence-electron chi connectivity index (χ3n) is 3.90. The average molecular weight is 276 g/mol. The molecule has 20 heavy (non-hydrogen) atoms. The van der Waals surface area contributed by atoms with Crippen LogP contribution in [0.25, 0.3) is 0 Å². The summed E-state index contributed by atoms with van der Waals surface area (Å²) in [7, 11) is 0. The van der Waals surface area contributed by atoms with Gasteiger partial charge in [0.25, 0.3) is 0 Å². The summed E-state index contributed by atoms with van der Waals surface area (Å²) >= 11 is 0. The van der Waals surface area contributed by atoms with Crippen molar-refractivity contribution in [3.05, 3.63) is 29.8 Å². The zero-order chi connectivity index (χ0) is 14.8. The van der Waals surface area contributed by atoms with Crippen molar-refractivity contribution in [1.29, 1.82) is 0 Å². The second-order valence-electron chi connectivity index (χ2n) is 5.17. The van der Waals surface area contributed by atoms with Gasteiger partial charge in [0, 0.05) is 6.54 Å². The number of aromatic hydroxyl groups is 1. The number of phenolic OH excluding ortho intramolecular Hbond substituents is 1. The monoisotopic (exact) mass is 276 g/mol. The molecule has 0 spiro atoms. The van der Waals surface area contributed by atoms with Crippen molar-refractivity contribution in [1.82, 2.24) is 10.2 Å². The van der Waals surface area contributed by atoms with Crippen molar-refractivity contribution < 1.29 is 14.7 Å². The lowest BCUT2D eigenvalue weighted by Crippen LogP contribution is -2.65. The summed E-state index contributed by atoms with van der Waals surface area (Å²) in [6.45, 7) is 4.21. The molecule has 2 N–H and O–H groups in total. The maximum atomic E-state index is 12.6. The second-order valence-corrected chi connectivity index (χ2v) is 5.17. The molecule has 1 aromatic carbocycles. The molecule has 5 heteroatoms. The lowest BCUT2D eigenvalue weighted by molar-refractivity contribution is -0.151. The van der Waals surface area contributed by atoms with E-state index in [-0.39, 0.29) is 24.1 Å². The fraction of sp³-hybridized carbons (Fsp3) is 0.467. The molecule has 1 heterocycles. The Hall–Kier alpha value is -2.04. The summed E-state index contributed by atoms with van der Waals surface area (Å²) in [6, 6.07) is 6.75. The van der Waals surface area contributed by atoms with Crippen LogP contribution in [0, 0.1) is 0 Å². The Kier molecular flexibility index (Phi) is 3.97. The maximum absolute atomic E-state index is 12.6. The van der Waals surface area contributed by atoms with E-state index < -0.39 is 5.54 Å². The molecule has 5 nitrogen and oxygen atoms in total. The molecule has 1 aromatic rings. The van der Waals surface area contributed by atoms with Gasteiger partial charge in [-0.15, -0.1) is 0 Å². The molecule has 2 rings (SSSR count). The van der Waals surface area contributed by atoms with E-state index in [0.717, 1.165) is 5.56 Å². The van der Waals surface area contributed by atoms with E-state index in [1.54, 1.807) is 23.1 Å². The Balaban J connectivity index is 2.22. The minimum absolute atomic E-state index is 0.0505. The first-order chi connectivity index (χ1) is 9.50. The SMILES string of the molecule is CCC1(CC)NC(=O)CN(Cc2cccc(O)c2)C1=O. The van der Waals surface area contributed by atoms with Gasteiger partial charge in [-0.2, -0.15) is 0 Å². The van der Waals surface area contributed by atoms with E-state index in [1.165, 1.54) is 0 Å². The number of nitrogens with zero attached hydrogens (tertiary/aromatic N) is 1. The number of hydrogen-bond acceptors (Lipinski definition) is 3. The van der Waals surface area contributed by atoms with E-state index >= 15 is 0 Å². The number of amides is 2. The highest BCUT2D eigenvalue weighted by Gasteiger charge is 2.43. The highest BCUT2D eigenvalue weighted by molar-refractivity contribution is 5.97. The fourth-order valence-corrected chi connectivity index (χ4v) is 2.64. The molecule has 0 radical (unpaired) electrons. The molecule has 0 aromatic heterocycles. The summed E-state index contributed by atoms with van der Waals surface area (Å²) in [6.07, 6.45) is 1.15. The highest BCUT2D eigenvalue weighted by Crippen LogP contribution is 2.24. The minimum atomic E-state index is -0.786. The van der Waals surface area contributed by atoms with Crippen molar-refractivity contribution in [2.45, 2.75) is 38.8 Å². The van der Waals surface area contributed by atoms with Gasteiger partial charge in [0.2, 0.25) is 11.8 Å². The van der Waals surface area contributed by atoms with Gasteiger partial charge in [0.15, 0.2) is 0 Å². The number of piperazine rings is 1. The first kappa shape index (κ1) is 14.4. The highest BCUT2D eigenvalue weighted by atomic mass is 16.3. The Morgan fingerprint density at radius 1 is 1.30 bits per heavy atom. The summed E-state index contributed by atoms with van der Waals surface area (Å²) in [4.78, 5) is 26.0. The van der Waals surface area contributed by atoms with Crippen LogP contribution in [-0.2, 0) is 16.1 Å². The second kappa shape index (κ2) is 5.53. The predicted molar refractivity (Wildman–Crippen MR) is 75.0 cm³/mol. The van der Waals surface area contributed by atoms with Crippen LogP contribution in [0.5, 0.6) is 5.75 Å². The third-order valence-corrected chi connectivity index (χ3v) is 3.90. The number of carbonyl (C=O) groups excluding carboxylic acids is 2. The number of nitrogens with one attached hydrogen (secondary N) is 1. The normalized spacial score (nSPS) is 18.0. The van der Waals surface area contributed by atoms with Crippen molar-refractivity contribution in [2.24, 2.45) is 0 Å². The van der Waals surface area contributed by atoms with Crippen molar-refractivity contribution in [3.8, 4) is 5.75 Å². The van der Waals surface area contributed by atoms with Crippen LogP contribution in [0.2, 0.25) is 0 Å². The first-order valence-electron chi connectivity index (χ1n) is 6.89. The molecule has 2 amide bonds. The molecule has 0 unspecified atom stereocenters. The number of phenols is 1. The van der Waals surface area contributed by atoms with Crippen LogP contribution in [0.4, 0.5) is 0 Å². The van der Waals surface area contributed by atoms with Gasteiger partial charge in [0.05, 0.1) is 6.54 Å². The summed E-state index contributed by atoms with van der Waals surface area (Å²) in [5.41, 5.74) is 0.0285. The molecule has 0 bridgehead atoms. The quantitative estimate of drug-likeness (QED) is 0.873. The van der Waals surface area contributed by atoms with Crippen LogP contribution in [0.15, 0.2) is 24.3 Å². The van der Waals surface area contributed by atoms with Gasteiger partial charge in [-0.3, -0.25) is 9.59 Å². The summed E-state index contributed by atoms with van der Waals surface area (Å²) in [5.74, 6) is -0.0208. The van der Waals surface area contributed by atoms with Crippen LogP contribution in [-0.4, -0.2) is 33.9 Å². The first-order valence-corrected chi connectivity index (χ1v) is 6.89. The lowest BCUT2D eigenvalue weighted by atomic mass is 9.88. The van der Waals surface area contributed by atoms with E-state index in [1.807, 2.05) is 19.9 Å². The molecule has 0 aliphatic carbocycles. The number of carbonyl (C=O) groups is 2. The topological polar surface area (TPSA) is 69.6 Å². The van der Waals surface area contributed by atoms with Gasteiger partial charge in [-0.05, 0) is 30.5 Å². The Bertz CT molecular complexity index is 524. The molecule has 1 fully saturated rings. The molecule has 1 saturated heterocycles. The Morgan fingerprint density at radius 3 is 2.60 bits per heavy atom. The van der Waals surface area contributed by atoms with Gasteiger partial charge in [0.1, 0.15) is 11.3 Å². The van der Waals surface area contributed by atoms with E-state index in [4.69, 9.17) is 0 Å². The number of hydrogen-bond donors (Lipinski definition) is 2. The summed E-state index contributed by atoms with van der Waals surface area (Å²) < 4.78 is 0. The van der Waals surface area contributed by atoms with Crippen molar-refractivity contribution in [3.63, 3.8) is 0 Å². The Labute approximate surface area is 118 Å². The van der Waals surface area contributed by atoms with Crippen LogP contribution >= 0.6 is 0 Å². The fourth-order valence-electron chi connectivity index (χ4n) is 2.64. The zero-order valence-corrected chi connectivity index (χ0v) is 11.8. The molecule has 1 aliphatic heterocycles. The van der Waals surface area contributed by atoms with E-state index in [9.17, 15) is 14.7 Å². The molecule has 0 atom stereocenters. The predicted octanol–water partition coefficient (Wildman–Crippen LogP) is 1.41. The van der Waals surface area contributed by atoms with Gasteiger partial charge in [-0.25, -0.2) is 0 Å². The summed E-state index contributed by atoms with van der Waals surface area (Å²) in [5, 5.41) is 12.3. The lowest BCUT2D eigenvalue weighted by Gasteiger charge is -2.41. The van der Waals surface area contributed by atoms with Gasteiger partial charge < -0.3 is 15.3 Å². The Morgan fingerprint density at radius 2 is 2.00 bits per heavy atom. The van der Waals surface area contributed by atoms with Crippen LogP contribution < -0.4 is 5.32 Å². The number of benzene rings is 1. The largest absolute Gasteiger partial charge is 0.508 e. The maximum Gasteiger partial charge on any atom is 0.249 e. The zero-order valence-electron chi connectivity index (χ0n) is 11.8. The van der Waals surface area contributed by atoms with Crippen molar-refractivity contribution in [2.75, 3.05) is 6.54 Å². The molecule has 0 saturated carbocycles. The van der Waals surface area contributed by atoms with E-state index in [0.29, 0.717) is 19.4 Å². The molecular weight excluding hydrogens is 256 g/mol. The van der Waals surface area contributed by atoms with Gasteiger partial charge >= 0.3 is 0 Å². The van der Waals surface area contributed by atoms with Crippen LogP contribution in [0.3, 0.4) is 0 Å². The van der Waals surface area contributed by atoms with E-state index in [2.05, 4.69) is 5.32 Å². The van der Waals surface area contributed by atoms with Crippen molar-refractivity contribution >= 4 is 11.8 Å². The molecular formula is C15H20N2O3. The standard InChI is InChI=1S/C15H20N2O3/c1-3-15(4-2)14(20)17(10-13(19)16-15)9-11-6-5-7-12(18)8-11/h5-8,18H,3-4,9-10H2,1-2H3,(H,16,19). The minimum Gasteiger partial charge on any atom is -0.508 e. The van der Waals surface area contributed by atoms with Gasteiger partial charge in [-0.1, -0.05) is 26.0 Å². The third kappa shape index (κ3) is 2.61. The molecule has 108 valence electrons.